The normalized spacial score (nSPS) is 25.0. The predicted molar refractivity (Wildman–Crippen MR) is 67.4 cm³/mol. The average Bonchev–Trinajstić information content (AvgIpc) is 2.27. The molecule has 0 aromatic heterocycles. The maximum absolute atomic E-state index is 10.3. The molecule has 0 aromatic carbocycles. The number of ether oxygens (including phenoxy) is 1. The van der Waals surface area contributed by atoms with Crippen LogP contribution < -0.4 is 0 Å². The molecule has 0 heterocycles. The topological polar surface area (TPSA) is 29.5 Å². The van der Waals surface area contributed by atoms with Crippen LogP contribution >= 0.6 is 0 Å². The lowest BCUT2D eigenvalue weighted by molar-refractivity contribution is -0.137. The lowest BCUT2D eigenvalue weighted by Crippen LogP contribution is -2.48. The third-order valence-corrected chi connectivity index (χ3v) is 4.11. The van der Waals surface area contributed by atoms with Gasteiger partial charge in [-0.1, -0.05) is 19.9 Å². The molecule has 0 saturated heterocycles. The fourth-order valence-electron chi connectivity index (χ4n) is 2.56. The van der Waals surface area contributed by atoms with Gasteiger partial charge in [-0.25, -0.2) is 0 Å². The maximum atomic E-state index is 10.3. The van der Waals surface area contributed by atoms with Crippen LogP contribution in [0, 0.1) is 5.41 Å². The first-order valence-electron chi connectivity index (χ1n) is 6.30. The molecule has 0 amide bonds. The van der Waals surface area contributed by atoms with Crippen LogP contribution in [0.4, 0.5) is 0 Å². The van der Waals surface area contributed by atoms with E-state index in [2.05, 4.69) is 20.4 Å². The number of allylic oxidation sites excluding steroid dienone is 1. The highest BCUT2D eigenvalue weighted by Crippen LogP contribution is 2.44. The van der Waals surface area contributed by atoms with E-state index in [0.717, 1.165) is 38.5 Å². The fourth-order valence-corrected chi connectivity index (χ4v) is 2.56. The molecule has 0 aliphatic heterocycles. The molecule has 1 fully saturated rings. The van der Waals surface area contributed by atoms with Crippen molar-refractivity contribution >= 4 is 0 Å². The predicted octanol–water partition coefficient (Wildman–Crippen LogP) is 3.30. The summed E-state index contributed by atoms with van der Waals surface area (Å²) in [4.78, 5) is 0. The van der Waals surface area contributed by atoms with Crippen molar-refractivity contribution in [3.8, 4) is 0 Å². The molecule has 0 spiro atoms. The Morgan fingerprint density at radius 1 is 1.31 bits per heavy atom. The minimum Gasteiger partial charge on any atom is -0.390 e. The van der Waals surface area contributed by atoms with Crippen LogP contribution in [-0.2, 0) is 4.74 Å². The Morgan fingerprint density at radius 3 is 2.31 bits per heavy atom. The van der Waals surface area contributed by atoms with Gasteiger partial charge in [-0.3, -0.25) is 0 Å². The molecule has 16 heavy (non-hydrogen) atoms. The van der Waals surface area contributed by atoms with E-state index in [1.807, 2.05) is 6.08 Å². The largest absolute Gasteiger partial charge is 0.390 e. The summed E-state index contributed by atoms with van der Waals surface area (Å²) in [6.07, 6.45) is 7.32. The summed E-state index contributed by atoms with van der Waals surface area (Å²) in [5, 5.41) is 10.3. The van der Waals surface area contributed by atoms with Crippen molar-refractivity contribution < 1.29 is 9.84 Å². The molecule has 1 aliphatic rings. The van der Waals surface area contributed by atoms with Crippen molar-refractivity contribution in [2.45, 2.75) is 64.1 Å². The monoisotopic (exact) mass is 226 g/mol. The van der Waals surface area contributed by atoms with E-state index in [-0.39, 0.29) is 11.7 Å². The molecule has 2 heteroatoms. The first-order valence-corrected chi connectivity index (χ1v) is 6.30. The Morgan fingerprint density at radius 2 is 1.88 bits per heavy atom. The molecule has 0 bridgehead atoms. The van der Waals surface area contributed by atoms with Crippen LogP contribution in [0.5, 0.6) is 0 Å². The number of methoxy groups -OCH3 is 1. The zero-order chi connectivity index (χ0) is 12.2. The Hall–Kier alpha value is -0.340. The van der Waals surface area contributed by atoms with Gasteiger partial charge in [0, 0.05) is 7.11 Å². The average molecular weight is 226 g/mol. The molecule has 1 saturated carbocycles. The SMILES string of the molecule is C=CCCC(O)C1(OC)CCC(C)(C)CC1. The first-order chi connectivity index (χ1) is 7.46. The van der Waals surface area contributed by atoms with E-state index in [0.29, 0.717) is 5.41 Å². The molecule has 1 unspecified atom stereocenters. The van der Waals surface area contributed by atoms with Crippen LogP contribution in [-0.4, -0.2) is 23.9 Å². The van der Waals surface area contributed by atoms with Gasteiger partial charge in [0.15, 0.2) is 0 Å². The van der Waals surface area contributed by atoms with E-state index in [1.165, 1.54) is 0 Å². The van der Waals surface area contributed by atoms with Gasteiger partial charge in [0.1, 0.15) is 0 Å². The van der Waals surface area contributed by atoms with E-state index < -0.39 is 0 Å². The molecule has 2 nitrogen and oxygen atoms in total. The molecular weight excluding hydrogens is 200 g/mol. The van der Waals surface area contributed by atoms with Gasteiger partial charge in [0.2, 0.25) is 0 Å². The number of aliphatic hydroxyl groups excluding tert-OH is 1. The lowest BCUT2D eigenvalue weighted by atomic mass is 9.68. The van der Waals surface area contributed by atoms with Gasteiger partial charge < -0.3 is 9.84 Å². The van der Waals surface area contributed by atoms with Gasteiger partial charge in [-0.05, 0) is 43.9 Å². The van der Waals surface area contributed by atoms with Crippen molar-refractivity contribution in [3.05, 3.63) is 12.7 Å². The minimum absolute atomic E-state index is 0.307. The summed E-state index contributed by atoms with van der Waals surface area (Å²) in [5.74, 6) is 0. The van der Waals surface area contributed by atoms with Crippen LogP contribution in [0.25, 0.3) is 0 Å². The highest BCUT2D eigenvalue weighted by molar-refractivity contribution is 4.95. The Labute approximate surface area is 99.7 Å². The summed E-state index contributed by atoms with van der Waals surface area (Å²) >= 11 is 0. The molecule has 1 N–H and O–H groups in total. The summed E-state index contributed by atoms with van der Waals surface area (Å²) < 4.78 is 5.65. The molecule has 0 radical (unpaired) electrons. The van der Waals surface area contributed by atoms with Crippen molar-refractivity contribution in [3.63, 3.8) is 0 Å². The summed E-state index contributed by atoms with van der Waals surface area (Å²) in [6.45, 7) is 8.29. The van der Waals surface area contributed by atoms with Gasteiger partial charge in [-0.15, -0.1) is 6.58 Å². The second-order valence-corrected chi connectivity index (χ2v) is 5.81. The Kier molecular flexibility index (Phi) is 4.57. The molecular formula is C14H26O2. The summed E-state index contributed by atoms with van der Waals surface area (Å²) in [7, 11) is 1.73. The molecule has 94 valence electrons. The molecule has 1 aliphatic carbocycles. The number of hydrogen-bond acceptors (Lipinski definition) is 2. The second kappa shape index (κ2) is 5.33. The van der Waals surface area contributed by atoms with Gasteiger partial charge in [-0.2, -0.15) is 0 Å². The van der Waals surface area contributed by atoms with E-state index >= 15 is 0 Å². The number of hydrogen-bond donors (Lipinski definition) is 1. The van der Waals surface area contributed by atoms with Crippen molar-refractivity contribution in [2.24, 2.45) is 5.41 Å². The highest BCUT2D eigenvalue weighted by atomic mass is 16.5. The minimum atomic E-state index is -0.355. The zero-order valence-electron chi connectivity index (χ0n) is 11.0. The third-order valence-electron chi connectivity index (χ3n) is 4.11. The smallest absolute Gasteiger partial charge is 0.0936 e. The quantitative estimate of drug-likeness (QED) is 0.729. The molecule has 0 aromatic rings. The van der Waals surface area contributed by atoms with Gasteiger partial charge in [0.25, 0.3) is 0 Å². The molecule has 1 atom stereocenters. The summed E-state index contributed by atoms with van der Waals surface area (Å²) in [6, 6.07) is 0. The Balaban J connectivity index is 2.61. The zero-order valence-corrected chi connectivity index (χ0v) is 11.0. The number of aliphatic hydroxyl groups is 1. The second-order valence-electron chi connectivity index (χ2n) is 5.81. The van der Waals surface area contributed by atoms with Crippen molar-refractivity contribution in [2.75, 3.05) is 7.11 Å². The van der Waals surface area contributed by atoms with E-state index in [9.17, 15) is 5.11 Å². The highest BCUT2D eigenvalue weighted by Gasteiger charge is 2.43. The van der Waals surface area contributed by atoms with Crippen LogP contribution in [0.2, 0.25) is 0 Å². The van der Waals surface area contributed by atoms with Crippen LogP contribution in [0.3, 0.4) is 0 Å². The lowest BCUT2D eigenvalue weighted by Gasteiger charge is -2.45. The Bertz CT molecular complexity index is 223. The number of rotatable bonds is 5. The van der Waals surface area contributed by atoms with Crippen LogP contribution in [0.1, 0.15) is 52.4 Å². The van der Waals surface area contributed by atoms with E-state index in [4.69, 9.17) is 4.74 Å². The van der Waals surface area contributed by atoms with Crippen molar-refractivity contribution in [1.29, 1.82) is 0 Å². The molecule has 1 rings (SSSR count). The standard InChI is InChI=1S/C14H26O2/c1-5-6-7-12(15)14(16-4)10-8-13(2,3)9-11-14/h5,12,15H,1,6-11H2,2-4H3. The van der Waals surface area contributed by atoms with Gasteiger partial charge >= 0.3 is 0 Å². The fraction of sp³-hybridized carbons (Fsp3) is 0.857. The third kappa shape index (κ3) is 3.08. The maximum Gasteiger partial charge on any atom is 0.0936 e. The van der Waals surface area contributed by atoms with Crippen molar-refractivity contribution in [1.82, 2.24) is 0 Å². The van der Waals surface area contributed by atoms with Crippen LogP contribution in [0.15, 0.2) is 12.7 Å². The summed E-state index contributed by atoms with van der Waals surface area (Å²) in [5.41, 5.74) is 0.0959. The van der Waals surface area contributed by atoms with Gasteiger partial charge in [0.05, 0.1) is 11.7 Å². The first kappa shape index (κ1) is 13.7. The van der Waals surface area contributed by atoms with E-state index in [1.54, 1.807) is 7.11 Å².